The van der Waals surface area contributed by atoms with Crippen LogP contribution in [0.5, 0.6) is 5.75 Å². The van der Waals surface area contributed by atoms with Crippen LogP contribution in [0.1, 0.15) is 12.5 Å². The summed E-state index contributed by atoms with van der Waals surface area (Å²) < 4.78 is 0. The van der Waals surface area contributed by atoms with Gasteiger partial charge in [-0.1, -0.05) is 12.2 Å². The van der Waals surface area contributed by atoms with Gasteiger partial charge in [0.1, 0.15) is 5.75 Å². The fraction of sp³-hybridized carbons (Fsp3) is 0.200. The van der Waals surface area contributed by atoms with Crippen LogP contribution in [0, 0.1) is 0 Å². The van der Waals surface area contributed by atoms with Crippen LogP contribution in [0.2, 0.25) is 0 Å². The number of hydrogen-bond acceptors (Lipinski definition) is 2. The fourth-order valence-electron chi connectivity index (χ4n) is 1.36. The molecule has 1 aromatic carbocycles. The van der Waals surface area contributed by atoms with Crippen LogP contribution in [-0.2, 0) is 0 Å². The van der Waals surface area contributed by atoms with E-state index in [0.29, 0.717) is 11.8 Å². The van der Waals surface area contributed by atoms with Crippen LogP contribution < -0.4 is 5.32 Å². The van der Waals surface area contributed by atoms with E-state index in [1.54, 1.807) is 12.1 Å². The molecule has 2 N–H and O–H groups in total. The highest BCUT2D eigenvalue weighted by Crippen LogP contribution is 2.26. The van der Waals surface area contributed by atoms with E-state index >= 15 is 0 Å². The van der Waals surface area contributed by atoms with Crippen molar-refractivity contribution in [3.8, 4) is 5.75 Å². The molecule has 1 unspecified atom stereocenters. The molecule has 1 aliphatic rings. The van der Waals surface area contributed by atoms with Gasteiger partial charge in [0, 0.05) is 17.3 Å². The van der Waals surface area contributed by atoms with E-state index in [1.165, 1.54) is 0 Å². The molecule has 0 radical (unpaired) electrons. The summed E-state index contributed by atoms with van der Waals surface area (Å²) in [5.41, 5.74) is 2.14. The smallest absolute Gasteiger partial charge is 0.116 e. The Morgan fingerprint density at radius 1 is 1.42 bits per heavy atom. The lowest BCUT2D eigenvalue weighted by Crippen LogP contribution is -2.15. The van der Waals surface area contributed by atoms with E-state index < -0.39 is 0 Å². The first kappa shape index (κ1) is 7.22. The largest absolute Gasteiger partial charge is 0.508 e. The van der Waals surface area contributed by atoms with Crippen LogP contribution in [0.3, 0.4) is 0 Å². The molecular weight excluding hydrogens is 150 g/mol. The summed E-state index contributed by atoms with van der Waals surface area (Å²) >= 11 is 0. The predicted octanol–water partition coefficient (Wildman–Crippen LogP) is 2.22. The molecule has 0 aliphatic carbocycles. The first-order valence-corrected chi connectivity index (χ1v) is 4.03. The average Bonchev–Trinajstić information content (AvgIpc) is 2.05. The summed E-state index contributed by atoms with van der Waals surface area (Å²) in [6, 6.07) is 5.72. The number of hydrogen-bond donors (Lipinski definition) is 2. The van der Waals surface area contributed by atoms with Crippen LogP contribution in [0.4, 0.5) is 5.69 Å². The molecule has 1 aromatic rings. The Hall–Kier alpha value is -1.44. The zero-order valence-electron chi connectivity index (χ0n) is 6.91. The van der Waals surface area contributed by atoms with Crippen molar-refractivity contribution in [1.82, 2.24) is 0 Å². The SMILES string of the molecule is CC1C=Cc2cc(O)ccc2N1. The Morgan fingerprint density at radius 3 is 3.08 bits per heavy atom. The molecule has 2 rings (SSSR count). The van der Waals surface area contributed by atoms with Crippen LogP contribution in [0.25, 0.3) is 6.08 Å². The lowest BCUT2D eigenvalue weighted by Gasteiger charge is -2.18. The summed E-state index contributed by atoms with van der Waals surface area (Å²) in [5.74, 6) is 0.315. The van der Waals surface area contributed by atoms with Gasteiger partial charge in [-0.15, -0.1) is 0 Å². The molecule has 62 valence electrons. The number of phenolic OH excluding ortho intramolecular Hbond substituents is 1. The summed E-state index contributed by atoms with van der Waals surface area (Å²) in [6.07, 6.45) is 4.10. The highest BCUT2D eigenvalue weighted by atomic mass is 16.3. The third-order valence-electron chi connectivity index (χ3n) is 1.98. The monoisotopic (exact) mass is 161 g/mol. The third-order valence-corrected chi connectivity index (χ3v) is 1.98. The molecule has 12 heavy (non-hydrogen) atoms. The molecule has 0 spiro atoms. The van der Waals surface area contributed by atoms with Crippen molar-refractivity contribution in [2.75, 3.05) is 5.32 Å². The van der Waals surface area contributed by atoms with Gasteiger partial charge in [-0.3, -0.25) is 0 Å². The van der Waals surface area contributed by atoms with E-state index in [0.717, 1.165) is 11.3 Å². The number of anilines is 1. The normalized spacial score (nSPS) is 19.9. The Kier molecular flexibility index (Phi) is 1.54. The highest BCUT2D eigenvalue weighted by Gasteiger charge is 2.07. The number of phenols is 1. The lowest BCUT2D eigenvalue weighted by molar-refractivity contribution is 0.475. The minimum atomic E-state index is 0.315. The van der Waals surface area contributed by atoms with Crippen molar-refractivity contribution in [3.05, 3.63) is 29.8 Å². The Labute approximate surface area is 71.5 Å². The maximum absolute atomic E-state index is 9.19. The van der Waals surface area contributed by atoms with Gasteiger partial charge in [0.05, 0.1) is 0 Å². The second-order valence-electron chi connectivity index (χ2n) is 3.06. The van der Waals surface area contributed by atoms with Gasteiger partial charge < -0.3 is 10.4 Å². The van der Waals surface area contributed by atoms with Crippen molar-refractivity contribution < 1.29 is 5.11 Å². The van der Waals surface area contributed by atoms with Crippen molar-refractivity contribution in [3.63, 3.8) is 0 Å². The van der Waals surface area contributed by atoms with E-state index in [-0.39, 0.29) is 0 Å². The second kappa shape index (κ2) is 2.55. The zero-order valence-corrected chi connectivity index (χ0v) is 6.91. The first-order valence-electron chi connectivity index (χ1n) is 4.03. The van der Waals surface area contributed by atoms with Crippen molar-refractivity contribution in [2.24, 2.45) is 0 Å². The van der Waals surface area contributed by atoms with Gasteiger partial charge in [0.2, 0.25) is 0 Å². The molecular formula is C10H11NO. The zero-order chi connectivity index (χ0) is 8.55. The van der Waals surface area contributed by atoms with Gasteiger partial charge in [0.15, 0.2) is 0 Å². The molecule has 0 saturated heterocycles. The van der Waals surface area contributed by atoms with E-state index in [1.807, 2.05) is 12.1 Å². The molecule has 1 atom stereocenters. The Bertz CT molecular complexity index is 331. The quantitative estimate of drug-likeness (QED) is 0.572. The van der Waals surface area contributed by atoms with Gasteiger partial charge in [-0.25, -0.2) is 0 Å². The fourth-order valence-corrected chi connectivity index (χ4v) is 1.36. The van der Waals surface area contributed by atoms with Crippen molar-refractivity contribution >= 4 is 11.8 Å². The first-order chi connectivity index (χ1) is 5.75. The molecule has 1 heterocycles. The summed E-state index contributed by atoms with van der Waals surface area (Å²) in [5, 5.41) is 12.5. The molecule has 2 heteroatoms. The predicted molar refractivity (Wildman–Crippen MR) is 50.2 cm³/mol. The maximum atomic E-state index is 9.19. The molecule has 2 nitrogen and oxygen atoms in total. The van der Waals surface area contributed by atoms with E-state index in [4.69, 9.17) is 0 Å². The lowest BCUT2D eigenvalue weighted by atomic mass is 10.1. The van der Waals surface area contributed by atoms with Crippen molar-refractivity contribution in [1.29, 1.82) is 0 Å². The second-order valence-corrected chi connectivity index (χ2v) is 3.06. The summed E-state index contributed by atoms with van der Waals surface area (Å²) in [6.45, 7) is 2.09. The highest BCUT2D eigenvalue weighted by molar-refractivity contribution is 5.71. The topological polar surface area (TPSA) is 32.3 Å². The van der Waals surface area contributed by atoms with E-state index in [9.17, 15) is 5.11 Å². The molecule has 0 bridgehead atoms. The van der Waals surface area contributed by atoms with Gasteiger partial charge in [-0.05, 0) is 25.1 Å². The number of rotatable bonds is 0. The molecule has 0 aromatic heterocycles. The Morgan fingerprint density at radius 2 is 2.25 bits per heavy atom. The number of benzene rings is 1. The van der Waals surface area contributed by atoms with Crippen molar-refractivity contribution in [2.45, 2.75) is 13.0 Å². The number of nitrogens with one attached hydrogen (secondary N) is 1. The van der Waals surface area contributed by atoms with E-state index in [2.05, 4.69) is 18.3 Å². The summed E-state index contributed by atoms with van der Waals surface area (Å²) in [4.78, 5) is 0. The van der Waals surface area contributed by atoms with Crippen LogP contribution >= 0.6 is 0 Å². The molecule has 1 aliphatic heterocycles. The number of aromatic hydroxyl groups is 1. The summed E-state index contributed by atoms with van der Waals surface area (Å²) in [7, 11) is 0. The van der Waals surface area contributed by atoms with Gasteiger partial charge >= 0.3 is 0 Å². The molecule has 0 saturated carbocycles. The standard InChI is InChI=1S/C10H11NO/c1-7-2-3-8-6-9(12)4-5-10(8)11-7/h2-7,11-12H,1H3. The number of fused-ring (bicyclic) bond motifs is 1. The molecule has 0 amide bonds. The third kappa shape index (κ3) is 1.16. The minimum Gasteiger partial charge on any atom is -0.508 e. The minimum absolute atomic E-state index is 0.315. The van der Waals surface area contributed by atoms with Crippen LogP contribution in [-0.4, -0.2) is 11.1 Å². The maximum Gasteiger partial charge on any atom is 0.116 e. The average molecular weight is 161 g/mol. The van der Waals surface area contributed by atoms with Gasteiger partial charge in [0.25, 0.3) is 0 Å². The van der Waals surface area contributed by atoms with Gasteiger partial charge in [-0.2, -0.15) is 0 Å². The molecule has 0 fully saturated rings. The van der Waals surface area contributed by atoms with Crippen LogP contribution in [0.15, 0.2) is 24.3 Å². The Balaban J connectivity index is 2.47.